The molecule has 5 nitrogen and oxygen atoms in total. The third kappa shape index (κ3) is 4.64. The molecule has 20 heavy (non-hydrogen) atoms. The summed E-state index contributed by atoms with van der Waals surface area (Å²) in [6.07, 6.45) is 0. The fraction of sp³-hybridized carbons (Fsp3) is 0.462. The van der Waals surface area contributed by atoms with E-state index in [1.165, 1.54) is 11.8 Å². The quantitative estimate of drug-likeness (QED) is 0.346. The van der Waals surface area contributed by atoms with Crippen LogP contribution < -0.4 is 9.47 Å². The molecule has 0 bridgehead atoms. The molecule has 0 spiro atoms. The first-order valence-corrected chi connectivity index (χ1v) is 7.23. The van der Waals surface area contributed by atoms with E-state index in [1.54, 1.807) is 20.3 Å². The highest BCUT2D eigenvalue weighted by Gasteiger charge is 2.14. The number of thioether (sulfide) groups is 1. The van der Waals surface area contributed by atoms with Crippen LogP contribution in [-0.4, -0.2) is 35.8 Å². The van der Waals surface area contributed by atoms with Gasteiger partial charge in [0, 0.05) is 0 Å². The first-order valence-electron chi connectivity index (χ1n) is 6.01. The Hall–Kier alpha value is -1.34. The Balaban J connectivity index is 3.06. The van der Waals surface area contributed by atoms with Gasteiger partial charge in [-0.3, -0.25) is 0 Å². The number of rotatable bonds is 6. The zero-order valence-electron chi connectivity index (χ0n) is 12.2. The SMILES string of the molecule is CCOC(=S)C(Sc1nc(OC)cc(OC)n1)=C(C)C. The standard InChI is InChI=1S/C13H18N2O3S2/c1-6-18-12(19)11(8(2)3)20-13-14-9(16-4)7-10(15-13)17-5/h7H,6H2,1-5H3. The first kappa shape index (κ1) is 16.7. The second kappa shape index (κ2) is 8.06. The molecule has 1 heterocycles. The van der Waals surface area contributed by atoms with E-state index in [4.69, 9.17) is 26.4 Å². The van der Waals surface area contributed by atoms with Crippen molar-refractivity contribution < 1.29 is 14.2 Å². The minimum absolute atomic E-state index is 0.440. The minimum atomic E-state index is 0.440. The predicted octanol–water partition coefficient (Wildman–Crippen LogP) is 3.24. The molecule has 1 aromatic rings. The van der Waals surface area contributed by atoms with Gasteiger partial charge in [0.25, 0.3) is 0 Å². The van der Waals surface area contributed by atoms with Gasteiger partial charge in [0.05, 0.1) is 31.8 Å². The Kier molecular flexibility index (Phi) is 6.74. The van der Waals surface area contributed by atoms with Gasteiger partial charge in [-0.25, -0.2) is 0 Å². The van der Waals surface area contributed by atoms with Crippen molar-refractivity contribution in [2.45, 2.75) is 25.9 Å². The van der Waals surface area contributed by atoms with Gasteiger partial charge >= 0.3 is 0 Å². The Bertz CT molecular complexity index is 492. The molecule has 1 rings (SSSR count). The first-order chi connectivity index (χ1) is 9.51. The van der Waals surface area contributed by atoms with Crippen LogP contribution in [0.25, 0.3) is 0 Å². The predicted molar refractivity (Wildman–Crippen MR) is 83.6 cm³/mol. The maximum Gasteiger partial charge on any atom is 0.220 e. The molecule has 0 radical (unpaired) electrons. The number of allylic oxidation sites excluding steroid dienone is 1. The van der Waals surface area contributed by atoms with E-state index in [1.807, 2.05) is 20.8 Å². The van der Waals surface area contributed by atoms with Gasteiger partial charge in [0.2, 0.25) is 11.8 Å². The van der Waals surface area contributed by atoms with Crippen molar-refractivity contribution in [1.29, 1.82) is 0 Å². The molecule has 0 atom stereocenters. The van der Waals surface area contributed by atoms with Crippen LogP contribution in [0, 0.1) is 0 Å². The fourth-order valence-corrected chi connectivity index (χ4v) is 2.52. The normalized spacial score (nSPS) is 9.85. The second-order valence-corrected chi connectivity index (χ2v) is 5.24. The topological polar surface area (TPSA) is 53.5 Å². The third-order valence-corrected chi connectivity index (χ3v) is 3.80. The summed E-state index contributed by atoms with van der Waals surface area (Å²) >= 11 is 6.59. The Morgan fingerprint density at radius 1 is 1.20 bits per heavy atom. The van der Waals surface area contributed by atoms with E-state index in [-0.39, 0.29) is 0 Å². The number of ether oxygens (including phenoxy) is 3. The smallest absolute Gasteiger partial charge is 0.220 e. The van der Waals surface area contributed by atoms with Crippen molar-refractivity contribution in [3.8, 4) is 11.8 Å². The molecule has 0 N–H and O–H groups in total. The summed E-state index contributed by atoms with van der Waals surface area (Å²) in [5, 5.41) is 0.947. The van der Waals surface area contributed by atoms with E-state index in [2.05, 4.69) is 9.97 Å². The van der Waals surface area contributed by atoms with E-state index in [0.29, 0.717) is 28.6 Å². The largest absolute Gasteiger partial charge is 0.483 e. The van der Waals surface area contributed by atoms with Gasteiger partial charge in [-0.05, 0) is 44.8 Å². The number of hydrogen-bond donors (Lipinski definition) is 0. The van der Waals surface area contributed by atoms with Gasteiger partial charge in [0.15, 0.2) is 10.2 Å². The molecule has 0 aliphatic heterocycles. The number of thiocarbonyl (C=S) groups is 1. The van der Waals surface area contributed by atoms with Gasteiger partial charge in [-0.15, -0.1) is 0 Å². The number of methoxy groups -OCH3 is 2. The molecule has 110 valence electrons. The summed E-state index contributed by atoms with van der Waals surface area (Å²) in [6, 6.07) is 1.62. The van der Waals surface area contributed by atoms with Crippen molar-refractivity contribution >= 4 is 29.0 Å². The van der Waals surface area contributed by atoms with Crippen LogP contribution in [0.5, 0.6) is 11.8 Å². The molecule has 1 aromatic heterocycles. The lowest BCUT2D eigenvalue weighted by molar-refractivity contribution is 0.338. The maximum absolute atomic E-state index is 5.39. The average Bonchev–Trinajstić information content (AvgIpc) is 2.44. The lowest BCUT2D eigenvalue weighted by atomic mass is 10.3. The van der Waals surface area contributed by atoms with Crippen LogP contribution >= 0.6 is 24.0 Å². The van der Waals surface area contributed by atoms with E-state index < -0.39 is 0 Å². The fourth-order valence-electron chi connectivity index (χ4n) is 1.27. The van der Waals surface area contributed by atoms with E-state index in [0.717, 1.165) is 10.5 Å². The van der Waals surface area contributed by atoms with Gasteiger partial charge < -0.3 is 14.2 Å². The highest BCUT2D eigenvalue weighted by atomic mass is 32.2. The summed E-state index contributed by atoms with van der Waals surface area (Å²) < 4.78 is 15.6. The molecule has 0 aliphatic rings. The van der Waals surface area contributed by atoms with Crippen LogP contribution in [0.3, 0.4) is 0 Å². The Morgan fingerprint density at radius 3 is 2.15 bits per heavy atom. The van der Waals surface area contributed by atoms with Crippen LogP contribution in [0.4, 0.5) is 0 Å². The van der Waals surface area contributed by atoms with Crippen LogP contribution in [0.15, 0.2) is 21.7 Å². The highest BCUT2D eigenvalue weighted by molar-refractivity contribution is 8.05. The van der Waals surface area contributed by atoms with Crippen LogP contribution in [0.1, 0.15) is 20.8 Å². The second-order valence-electron chi connectivity index (χ2n) is 3.89. The lowest BCUT2D eigenvalue weighted by Crippen LogP contribution is -2.05. The van der Waals surface area contributed by atoms with Crippen molar-refractivity contribution in [2.75, 3.05) is 20.8 Å². The molecule has 0 saturated heterocycles. The molecule has 0 unspecified atom stereocenters. The lowest BCUT2D eigenvalue weighted by Gasteiger charge is -2.11. The Morgan fingerprint density at radius 2 is 1.75 bits per heavy atom. The van der Waals surface area contributed by atoms with Gasteiger partial charge in [-0.1, -0.05) is 5.57 Å². The summed E-state index contributed by atoms with van der Waals surface area (Å²) in [6.45, 7) is 6.35. The van der Waals surface area contributed by atoms with Crippen molar-refractivity contribution in [3.63, 3.8) is 0 Å². The maximum atomic E-state index is 5.39. The molecule has 0 aromatic carbocycles. The van der Waals surface area contributed by atoms with Crippen molar-refractivity contribution in [2.24, 2.45) is 0 Å². The average molecular weight is 314 g/mol. The zero-order valence-corrected chi connectivity index (χ0v) is 13.9. The van der Waals surface area contributed by atoms with Gasteiger partial charge in [-0.2, -0.15) is 9.97 Å². The zero-order chi connectivity index (χ0) is 15.1. The molecule has 0 aliphatic carbocycles. The monoisotopic (exact) mass is 314 g/mol. The molecular formula is C13H18N2O3S2. The Labute approximate surface area is 128 Å². The van der Waals surface area contributed by atoms with Crippen LogP contribution in [-0.2, 0) is 4.74 Å². The summed E-state index contributed by atoms with van der Waals surface area (Å²) in [5.74, 6) is 0.879. The molecule has 7 heteroatoms. The number of nitrogens with zero attached hydrogens (tertiary/aromatic N) is 2. The summed E-state index contributed by atoms with van der Waals surface area (Å²) in [7, 11) is 3.09. The van der Waals surface area contributed by atoms with E-state index in [9.17, 15) is 0 Å². The summed E-state index contributed by atoms with van der Waals surface area (Å²) in [5.41, 5.74) is 1.04. The molecule has 0 fully saturated rings. The van der Waals surface area contributed by atoms with Crippen molar-refractivity contribution in [3.05, 3.63) is 16.5 Å². The van der Waals surface area contributed by atoms with Gasteiger partial charge in [0.1, 0.15) is 0 Å². The van der Waals surface area contributed by atoms with E-state index >= 15 is 0 Å². The summed E-state index contributed by atoms with van der Waals surface area (Å²) in [4.78, 5) is 9.36. The highest BCUT2D eigenvalue weighted by Crippen LogP contribution is 2.30. The molecular weight excluding hydrogens is 296 g/mol. The number of aromatic nitrogens is 2. The third-order valence-electron chi connectivity index (χ3n) is 2.19. The van der Waals surface area contributed by atoms with Crippen molar-refractivity contribution in [1.82, 2.24) is 9.97 Å². The molecule has 0 saturated carbocycles. The number of hydrogen-bond acceptors (Lipinski definition) is 7. The molecule has 0 amide bonds. The minimum Gasteiger partial charge on any atom is -0.483 e. The van der Waals surface area contributed by atoms with Crippen LogP contribution in [0.2, 0.25) is 0 Å².